The molecule has 1 saturated heterocycles. The predicted octanol–water partition coefficient (Wildman–Crippen LogP) is 3.28. The van der Waals surface area contributed by atoms with Crippen LogP contribution in [0.1, 0.15) is 24.3 Å². The van der Waals surface area contributed by atoms with Crippen LogP contribution in [0.25, 0.3) is 0 Å². The summed E-state index contributed by atoms with van der Waals surface area (Å²) >= 11 is 0. The van der Waals surface area contributed by atoms with E-state index in [0.717, 1.165) is 24.2 Å². The summed E-state index contributed by atoms with van der Waals surface area (Å²) < 4.78 is 43.5. The molecule has 146 valence electrons. The zero-order valence-electron chi connectivity index (χ0n) is 15.8. The van der Waals surface area contributed by atoms with Gasteiger partial charge in [-0.3, -0.25) is 0 Å². The summed E-state index contributed by atoms with van der Waals surface area (Å²) in [5.41, 5.74) is 1.14. The van der Waals surface area contributed by atoms with Crippen LogP contribution >= 0.6 is 0 Å². The minimum atomic E-state index is -3.57. The molecule has 0 N–H and O–H groups in total. The zero-order valence-corrected chi connectivity index (χ0v) is 16.7. The van der Waals surface area contributed by atoms with Crippen LogP contribution in [-0.2, 0) is 10.0 Å². The second kappa shape index (κ2) is 8.19. The molecule has 0 aliphatic carbocycles. The maximum atomic E-state index is 13.0. The Balaban J connectivity index is 1.77. The van der Waals surface area contributed by atoms with E-state index in [-0.39, 0.29) is 10.8 Å². The Hall–Kier alpha value is -2.25. The van der Waals surface area contributed by atoms with E-state index < -0.39 is 10.0 Å². The number of para-hydroxylation sites is 1. The fraction of sp³-hybridized carbons (Fsp3) is 0.400. The Labute approximate surface area is 160 Å². The molecule has 3 rings (SSSR count). The van der Waals surface area contributed by atoms with E-state index in [9.17, 15) is 8.42 Å². The normalized spacial score (nSPS) is 16.1. The first-order valence-electron chi connectivity index (χ1n) is 8.86. The third-order valence-electron chi connectivity index (χ3n) is 5.03. The van der Waals surface area contributed by atoms with Crippen LogP contribution in [0.15, 0.2) is 47.4 Å². The van der Waals surface area contributed by atoms with Crippen LogP contribution in [0.3, 0.4) is 0 Å². The van der Waals surface area contributed by atoms with Crippen molar-refractivity contribution in [3.05, 3.63) is 48.0 Å². The number of methoxy groups -OCH3 is 3. The summed E-state index contributed by atoms with van der Waals surface area (Å²) in [6, 6.07) is 12.6. The summed E-state index contributed by atoms with van der Waals surface area (Å²) in [4.78, 5) is 0.218. The second-order valence-electron chi connectivity index (χ2n) is 6.44. The molecule has 2 aromatic rings. The minimum Gasteiger partial charge on any atom is -0.496 e. The Bertz CT molecular complexity index is 889. The van der Waals surface area contributed by atoms with Crippen molar-refractivity contribution in [3.8, 4) is 17.2 Å². The maximum Gasteiger partial charge on any atom is 0.243 e. The Morgan fingerprint density at radius 3 is 2.11 bits per heavy atom. The number of sulfonamides is 1. The van der Waals surface area contributed by atoms with Gasteiger partial charge in [-0.2, -0.15) is 4.31 Å². The number of benzene rings is 2. The van der Waals surface area contributed by atoms with Gasteiger partial charge in [0.1, 0.15) is 5.75 Å². The molecule has 0 saturated carbocycles. The van der Waals surface area contributed by atoms with Gasteiger partial charge in [-0.1, -0.05) is 18.2 Å². The molecule has 1 aliphatic rings. The fourth-order valence-corrected chi connectivity index (χ4v) is 5.02. The molecule has 1 fully saturated rings. The number of piperidine rings is 1. The molecule has 0 amide bonds. The lowest BCUT2D eigenvalue weighted by atomic mass is 9.89. The van der Waals surface area contributed by atoms with Gasteiger partial charge in [0.2, 0.25) is 10.0 Å². The number of nitrogens with zero attached hydrogens (tertiary/aromatic N) is 1. The number of hydrogen-bond acceptors (Lipinski definition) is 5. The molecule has 27 heavy (non-hydrogen) atoms. The van der Waals surface area contributed by atoms with Crippen molar-refractivity contribution in [1.82, 2.24) is 4.31 Å². The molecule has 6 nitrogen and oxygen atoms in total. The van der Waals surface area contributed by atoms with Gasteiger partial charge in [-0.05, 0) is 42.5 Å². The van der Waals surface area contributed by atoms with Crippen molar-refractivity contribution >= 4 is 10.0 Å². The molecule has 7 heteroatoms. The van der Waals surface area contributed by atoms with Crippen molar-refractivity contribution in [2.24, 2.45) is 0 Å². The lowest BCUT2D eigenvalue weighted by molar-refractivity contribution is 0.312. The highest BCUT2D eigenvalue weighted by atomic mass is 32.2. The smallest absolute Gasteiger partial charge is 0.243 e. The number of rotatable bonds is 6. The molecule has 0 spiro atoms. The molecule has 0 radical (unpaired) electrons. The standard InChI is InChI=1S/C20H25NO5S/c1-24-18-7-5-4-6-17(18)15-10-12-21(13-11-15)27(22,23)16-8-9-19(25-2)20(14-16)26-3/h4-9,14-15H,10-13H2,1-3H3. The van der Waals surface area contributed by atoms with E-state index in [1.54, 1.807) is 23.5 Å². The highest BCUT2D eigenvalue weighted by Crippen LogP contribution is 2.36. The molecule has 0 bridgehead atoms. The zero-order chi connectivity index (χ0) is 19.4. The summed E-state index contributed by atoms with van der Waals surface area (Å²) in [6.07, 6.45) is 1.51. The average molecular weight is 391 g/mol. The first-order valence-corrected chi connectivity index (χ1v) is 10.3. The van der Waals surface area contributed by atoms with E-state index >= 15 is 0 Å². The van der Waals surface area contributed by atoms with E-state index in [2.05, 4.69) is 6.07 Å². The third kappa shape index (κ3) is 3.89. The van der Waals surface area contributed by atoms with Gasteiger partial charge in [0.05, 0.1) is 26.2 Å². The Morgan fingerprint density at radius 1 is 0.852 bits per heavy atom. The largest absolute Gasteiger partial charge is 0.496 e. The molecule has 1 heterocycles. The van der Waals surface area contributed by atoms with E-state index in [1.165, 1.54) is 20.3 Å². The van der Waals surface area contributed by atoms with Crippen molar-refractivity contribution in [1.29, 1.82) is 0 Å². The minimum absolute atomic E-state index is 0.218. The molecular weight excluding hydrogens is 366 g/mol. The molecular formula is C20H25NO5S. The molecule has 1 aliphatic heterocycles. The maximum absolute atomic E-state index is 13.0. The van der Waals surface area contributed by atoms with Crippen LogP contribution in [0.5, 0.6) is 17.2 Å². The van der Waals surface area contributed by atoms with Crippen molar-refractivity contribution in [3.63, 3.8) is 0 Å². The van der Waals surface area contributed by atoms with Crippen molar-refractivity contribution < 1.29 is 22.6 Å². The van der Waals surface area contributed by atoms with Crippen LogP contribution in [0, 0.1) is 0 Å². The first kappa shape index (κ1) is 19.5. The van der Waals surface area contributed by atoms with Crippen LogP contribution in [0.2, 0.25) is 0 Å². The second-order valence-corrected chi connectivity index (χ2v) is 8.38. The topological polar surface area (TPSA) is 65.1 Å². The average Bonchev–Trinajstić information content (AvgIpc) is 2.73. The number of hydrogen-bond donors (Lipinski definition) is 0. The van der Waals surface area contributed by atoms with Crippen LogP contribution in [0.4, 0.5) is 0 Å². The van der Waals surface area contributed by atoms with Gasteiger partial charge in [0, 0.05) is 19.2 Å². The lowest BCUT2D eigenvalue weighted by Gasteiger charge is -2.32. The molecule has 2 aromatic carbocycles. The predicted molar refractivity (Wildman–Crippen MR) is 103 cm³/mol. The molecule has 0 unspecified atom stereocenters. The lowest BCUT2D eigenvalue weighted by Crippen LogP contribution is -2.37. The Morgan fingerprint density at radius 2 is 1.48 bits per heavy atom. The third-order valence-corrected chi connectivity index (χ3v) is 6.92. The number of ether oxygens (including phenoxy) is 3. The van der Waals surface area contributed by atoms with Gasteiger partial charge in [-0.25, -0.2) is 8.42 Å². The molecule has 0 atom stereocenters. The first-order chi connectivity index (χ1) is 13.0. The monoisotopic (exact) mass is 391 g/mol. The molecule has 0 aromatic heterocycles. The van der Waals surface area contributed by atoms with Crippen LogP contribution < -0.4 is 14.2 Å². The summed E-state index contributed by atoms with van der Waals surface area (Å²) in [5, 5.41) is 0. The highest BCUT2D eigenvalue weighted by molar-refractivity contribution is 7.89. The van der Waals surface area contributed by atoms with Gasteiger partial charge >= 0.3 is 0 Å². The summed E-state index contributed by atoms with van der Waals surface area (Å²) in [6.45, 7) is 0.943. The fourth-order valence-electron chi connectivity index (χ4n) is 3.54. The van der Waals surface area contributed by atoms with Gasteiger partial charge < -0.3 is 14.2 Å². The van der Waals surface area contributed by atoms with Crippen molar-refractivity contribution in [2.45, 2.75) is 23.7 Å². The quantitative estimate of drug-likeness (QED) is 0.756. The van der Waals surface area contributed by atoms with Gasteiger partial charge in [-0.15, -0.1) is 0 Å². The Kier molecular flexibility index (Phi) is 5.92. The van der Waals surface area contributed by atoms with Gasteiger partial charge in [0.15, 0.2) is 11.5 Å². The summed E-state index contributed by atoms with van der Waals surface area (Å²) in [7, 11) is 1.10. The SMILES string of the molecule is COc1ccc(S(=O)(=O)N2CCC(c3ccccc3OC)CC2)cc1OC. The van der Waals surface area contributed by atoms with E-state index in [4.69, 9.17) is 14.2 Å². The highest BCUT2D eigenvalue weighted by Gasteiger charge is 2.31. The van der Waals surface area contributed by atoms with Gasteiger partial charge in [0.25, 0.3) is 0 Å². The van der Waals surface area contributed by atoms with Crippen molar-refractivity contribution in [2.75, 3.05) is 34.4 Å². The van der Waals surface area contributed by atoms with E-state index in [0.29, 0.717) is 24.6 Å². The van der Waals surface area contributed by atoms with Crippen LogP contribution in [-0.4, -0.2) is 47.1 Å². The van der Waals surface area contributed by atoms with E-state index in [1.807, 2.05) is 18.2 Å². The summed E-state index contributed by atoms with van der Waals surface area (Å²) in [5.74, 6) is 2.06.